The number of thiol groups is 1. The summed E-state index contributed by atoms with van der Waals surface area (Å²) in [5, 5.41) is 8.26. The van der Waals surface area contributed by atoms with E-state index in [2.05, 4.69) is 29.7 Å². The van der Waals surface area contributed by atoms with Crippen LogP contribution in [0.3, 0.4) is 0 Å². The van der Waals surface area contributed by atoms with Crippen molar-refractivity contribution in [3.63, 3.8) is 0 Å². The summed E-state index contributed by atoms with van der Waals surface area (Å²) in [5.74, 6) is 0. The summed E-state index contributed by atoms with van der Waals surface area (Å²) in [4.78, 5) is 0.276. The predicted molar refractivity (Wildman–Crippen MR) is 120 cm³/mol. The summed E-state index contributed by atoms with van der Waals surface area (Å²) >= 11 is 5.37. The summed E-state index contributed by atoms with van der Waals surface area (Å²) in [6.07, 6.45) is 12.1. The third kappa shape index (κ3) is 7.37. The van der Waals surface area contributed by atoms with Gasteiger partial charge < -0.3 is 0 Å². The molecule has 2 aromatic rings. The topological polar surface area (TPSA) is 63.2 Å². The average molecular weight is 442 g/mol. The van der Waals surface area contributed by atoms with Crippen LogP contribution in [-0.4, -0.2) is 25.2 Å². The Labute approximate surface area is 179 Å². The molecule has 0 saturated heterocycles. The summed E-state index contributed by atoms with van der Waals surface area (Å²) in [6.45, 7) is 2.65. The lowest BCUT2D eigenvalue weighted by Crippen LogP contribution is -2.32. The van der Waals surface area contributed by atoms with Gasteiger partial charge in [-0.3, -0.25) is 0 Å². The number of benzene rings is 1. The van der Waals surface area contributed by atoms with Gasteiger partial charge in [0.05, 0.1) is 4.90 Å². The minimum atomic E-state index is -3.64. The van der Waals surface area contributed by atoms with Gasteiger partial charge in [0, 0.05) is 6.54 Å². The molecule has 0 aliphatic carbocycles. The molecule has 0 unspecified atom stereocenters. The van der Waals surface area contributed by atoms with Crippen LogP contribution >= 0.6 is 24.0 Å². The summed E-state index contributed by atoms with van der Waals surface area (Å²) in [6, 6.07) is 8.50. The highest BCUT2D eigenvalue weighted by molar-refractivity contribution is 7.93. The first kappa shape index (κ1) is 23.2. The number of aromatic nitrogens is 2. The lowest BCUT2D eigenvalue weighted by Gasteiger charge is -2.21. The molecule has 8 heteroatoms. The first-order valence-electron chi connectivity index (χ1n) is 10.2. The second kappa shape index (κ2) is 12.4. The van der Waals surface area contributed by atoms with Crippen molar-refractivity contribution in [2.75, 3.05) is 10.8 Å². The van der Waals surface area contributed by atoms with Crippen LogP contribution in [0.2, 0.25) is 0 Å². The van der Waals surface area contributed by atoms with Gasteiger partial charge in [0.25, 0.3) is 10.0 Å². The molecule has 0 N–H and O–H groups in total. The van der Waals surface area contributed by atoms with Gasteiger partial charge in [-0.25, -0.2) is 12.7 Å². The standard InChI is InChI=1S/C20H31N3O2S3/c1-2-3-4-5-6-7-8-9-10-14-17-23(19-21-22-20(26)27-19)28(24,25)18-15-12-11-13-16-18/h11-13,15-16H,2-10,14,17H2,1H3,(H,22,26). The predicted octanol–water partition coefficient (Wildman–Crippen LogP) is 5.94. The van der Waals surface area contributed by atoms with E-state index in [4.69, 9.17) is 0 Å². The van der Waals surface area contributed by atoms with Gasteiger partial charge in [-0.1, -0.05) is 94.2 Å². The monoisotopic (exact) mass is 441 g/mol. The molecule has 1 heterocycles. The van der Waals surface area contributed by atoms with Crippen LogP contribution in [0.5, 0.6) is 0 Å². The lowest BCUT2D eigenvalue weighted by molar-refractivity contribution is 0.555. The van der Waals surface area contributed by atoms with E-state index >= 15 is 0 Å². The molecule has 0 atom stereocenters. The molecular weight excluding hydrogens is 410 g/mol. The van der Waals surface area contributed by atoms with E-state index in [0.29, 0.717) is 16.0 Å². The summed E-state index contributed by atoms with van der Waals surface area (Å²) in [7, 11) is -3.64. The van der Waals surface area contributed by atoms with Crippen molar-refractivity contribution >= 4 is 39.1 Å². The molecule has 1 aromatic heterocycles. The normalized spacial score (nSPS) is 11.6. The fraction of sp³-hybridized carbons (Fsp3) is 0.600. The van der Waals surface area contributed by atoms with Crippen LogP contribution in [0.1, 0.15) is 71.1 Å². The largest absolute Gasteiger partial charge is 0.266 e. The molecule has 0 bridgehead atoms. The number of unbranched alkanes of at least 4 members (excludes halogenated alkanes) is 9. The van der Waals surface area contributed by atoms with Crippen molar-refractivity contribution in [1.82, 2.24) is 10.2 Å². The first-order chi connectivity index (χ1) is 13.6. The van der Waals surface area contributed by atoms with Crippen LogP contribution in [0, 0.1) is 0 Å². The molecule has 156 valence electrons. The number of rotatable bonds is 14. The highest BCUT2D eigenvalue weighted by Gasteiger charge is 2.27. The summed E-state index contributed by atoms with van der Waals surface area (Å²) < 4.78 is 28.0. The SMILES string of the molecule is CCCCCCCCCCCCN(c1nnc(S)s1)S(=O)(=O)c1ccccc1. The third-order valence-electron chi connectivity index (χ3n) is 4.66. The van der Waals surface area contributed by atoms with Crippen molar-refractivity contribution < 1.29 is 8.42 Å². The second-order valence-corrected chi connectivity index (χ2v) is 10.5. The molecule has 0 fully saturated rings. The van der Waals surface area contributed by atoms with E-state index in [1.807, 2.05) is 6.07 Å². The Balaban J connectivity index is 1.85. The molecule has 0 aliphatic rings. The van der Waals surface area contributed by atoms with E-state index < -0.39 is 10.0 Å². The zero-order chi connectivity index (χ0) is 20.2. The van der Waals surface area contributed by atoms with E-state index in [-0.39, 0.29) is 4.90 Å². The molecule has 0 amide bonds. The highest BCUT2D eigenvalue weighted by Crippen LogP contribution is 2.28. The van der Waals surface area contributed by atoms with Crippen molar-refractivity contribution in [2.45, 2.75) is 80.4 Å². The van der Waals surface area contributed by atoms with E-state index in [1.165, 1.54) is 60.6 Å². The quantitative estimate of drug-likeness (QED) is 0.291. The van der Waals surface area contributed by atoms with E-state index in [0.717, 1.165) is 19.3 Å². The molecule has 28 heavy (non-hydrogen) atoms. The van der Waals surface area contributed by atoms with Crippen LogP contribution in [0.15, 0.2) is 39.6 Å². The number of hydrogen-bond donors (Lipinski definition) is 1. The molecule has 0 aliphatic heterocycles. The number of nitrogens with zero attached hydrogens (tertiary/aromatic N) is 3. The minimum Gasteiger partial charge on any atom is -0.240 e. The van der Waals surface area contributed by atoms with Crippen molar-refractivity contribution in [3.8, 4) is 0 Å². The van der Waals surface area contributed by atoms with Crippen molar-refractivity contribution in [1.29, 1.82) is 0 Å². The van der Waals surface area contributed by atoms with Gasteiger partial charge in [0.1, 0.15) is 0 Å². The Bertz CT molecular complexity index is 779. The van der Waals surface area contributed by atoms with Gasteiger partial charge in [-0.2, -0.15) is 0 Å². The molecule has 2 rings (SSSR count). The zero-order valence-corrected chi connectivity index (χ0v) is 19.1. The lowest BCUT2D eigenvalue weighted by atomic mass is 10.1. The molecule has 5 nitrogen and oxygen atoms in total. The molecular formula is C20H31N3O2S3. The number of sulfonamides is 1. The second-order valence-electron chi connectivity index (χ2n) is 6.94. The first-order valence-corrected chi connectivity index (χ1v) is 12.9. The average Bonchev–Trinajstić information content (AvgIpc) is 3.12. The molecule has 1 aromatic carbocycles. The van der Waals surface area contributed by atoms with Crippen LogP contribution < -0.4 is 4.31 Å². The Morgan fingerprint density at radius 3 is 2.00 bits per heavy atom. The van der Waals surface area contributed by atoms with Gasteiger partial charge in [0.15, 0.2) is 4.34 Å². The zero-order valence-electron chi connectivity index (χ0n) is 16.6. The fourth-order valence-electron chi connectivity index (χ4n) is 3.09. The maximum atomic E-state index is 13.1. The summed E-state index contributed by atoms with van der Waals surface area (Å²) in [5.41, 5.74) is 0. The maximum Gasteiger partial charge on any atom is 0.266 e. The van der Waals surface area contributed by atoms with Crippen LogP contribution in [-0.2, 0) is 10.0 Å². The van der Waals surface area contributed by atoms with Crippen LogP contribution in [0.4, 0.5) is 5.13 Å². The molecule has 0 spiro atoms. The minimum absolute atomic E-state index is 0.276. The number of anilines is 1. The Kier molecular flexibility index (Phi) is 10.3. The Morgan fingerprint density at radius 2 is 1.46 bits per heavy atom. The Hall–Kier alpha value is -1.12. The van der Waals surface area contributed by atoms with E-state index in [9.17, 15) is 8.42 Å². The van der Waals surface area contributed by atoms with Crippen molar-refractivity contribution in [3.05, 3.63) is 30.3 Å². The molecule has 0 radical (unpaired) electrons. The van der Waals surface area contributed by atoms with Gasteiger partial charge in [0.2, 0.25) is 5.13 Å². The van der Waals surface area contributed by atoms with Crippen molar-refractivity contribution in [2.24, 2.45) is 0 Å². The van der Waals surface area contributed by atoms with Gasteiger partial charge in [-0.05, 0) is 18.6 Å². The maximum absolute atomic E-state index is 13.1. The Morgan fingerprint density at radius 1 is 0.893 bits per heavy atom. The highest BCUT2D eigenvalue weighted by atomic mass is 32.2. The smallest absolute Gasteiger partial charge is 0.240 e. The third-order valence-corrected chi connectivity index (χ3v) is 7.69. The van der Waals surface area contributed by atoms with E-state index in [1.54, 1.807) is 24.3 Å². The molecule has 0 saturated carbocycles. The van der Waals surface area contributed by atoms with Crippen LogP contribution in [0.25, 0.3) is 0 Å². The fourth-order valence-corrected chi connectivity index (χ4v) is 5.67. The van der Waals surface area contributed by atoms with Gasteiger partial charge >= 0.3 is 0 Å². The number of hydrogen-bond acceptors (Lipinski definition) is 6. The van der Waals surface area contributed by atoms with Gasteiger partial charge in [-0.15, -0.1) is 22.8 Å².